The lowest BCUT2D eigenvalue weighted by atomic mass is 9.86. The highest BCUT2D eigenvalue weighted by molar-refractivity contribution is 5.86. The standard InChI is InChI=1S/C16H24N2O3/c1-16(2,3)13(14(19)18(4)5)17-15(20)21-11-12-9-7-6-8-10-12/h6-10,13H,11H2,1-5H3,(H,17,20)/t13-/m1/s1. The Kier molecular flexibility index (Phi) is 5.76. The molecule has 0 aromatic heterocycles. The number of alkyl carbamates (subject to hydrolysis) is 1. The van der Waals surface area contributed by atoms with E-state index in [2.05, 4.69) is 5.32 Å². The molecular formula is C16H24N2O3. The van der Waals surface area contributed by atoms with E-state index in [0.717, 1.165) is 5.56 Å². The predicted molar refractivity (Wildman–Crippen MR) is 81.7 cm³/mol. The molecule has 2 amide bonds. The fourth-order valence-corrected chi connectivity index (χ4v) is 1.79. The zero-order valence-corrected chi connectivity index (χ0v) is 13.3. The number of nitrogens with one attached hydrogen (secondary N) is 1. The Morgan fingerprint density at radius 1 is 1.19 bits per heavy atom. The van der Waals surface area contributed by atoms with Gasteiger partial charge in [0.05, 0.1) is 0 Å². The lowest BCUT2D eigenvalue weighted by molar-refractivity contribution is -0.133. The number of hydrogen-bond donors (Lipinski definition) is 1. The van der Waals surface area contributed by atoms with E-state index < -0.39 is 17.6 Å². The van der Waals surface area contributed by atoms with Crippen molar-refractivity contribution in [1.29, 1.82) is 0 Å². The van der Waals surface area contributed by atoms with Crippen LogP contribution in [-0.2, 0) is 16.1 Å². The van der Waals surface area contributed by atoms with Crippen molar-refractivity contribution in [3.05, 3.63) is 35.9 Å². The van der Waals surface area contributed by atoms with Crippen LogP contribution in [0.3, 0.4) is 0 Å². The van der Waals surface area contributed by atoms with E-state index in [1.807, 2.05) is 51.1 Å². The van der Waals surface area contributed by atoms with Crippen molar-refractivity contribution in [3.63, 3.8) is 0 Å². The summed E-state index contributed by atoms with van der Waals surface area (Å²) in [6, 6.07) is 8.78. The number of nitrogens with zero attached hydrogens (tertiary/aromatic N) is 1. The molecular weight excluding hydrogens is 268 g/mol. The Bertz CT molecular complexity index is 478. The molecule has 0 spiro atoms. The summed E-state index contributed by atoms with van der Waals surface area (Å²) in [5.74, 6) is -0.154. The van der Waals surface area contributed by atoms with Gasteiger partial charge in [-0.05, 0) is 11.0 Å². The highest BCUT2D eigenvalue weighted by atomic mass is 16.5. The van der Waals surface area contributed by atoms with Gasteiger partial charge >= 0.3 is 6.09 Å². The second-order valence-corrected chi connectivity index (χ2v) is 6.24. The molecule has 0 aliphatic carbocycles. The molecule has 5 nitrogen and oxygen atoms in total. The van der Waals surface area contributed by atoms with Crippen LogP contribution in [0.2, 0.25) is 0 Å². The number of carbonyl (C=O) groups is 2. The van der Waals surface area contributed by atoms with E-state index in [1.165, 1.54) is 4.90 Å². The van der Waals surface area contributed by atoms with Crippen molar-refractivity contribution in [2.75, 3.05) is 14.1 Å². The van der Waals surface area contributed by atoms with Gasteiger partial charge in [-0.1, -0.05) is 51.1 Å². The molecule has 0 unspecified atom stereocenters. The van der Waals surface area contributed by atoms with Gasteiger partial charge in [0.1, 0.15) is 12.6 Å². The quantitative estimate of drug-likeness (QED) is 0.927. The molecule has 0 fully saturated rings. The molecule has 1 aromatic rings. The summed E-state index contributed by atoms with van der Waals surface area (Å²) in [4.78, 5) is 25.5. The Morgan fingerprint density at radius 3 is 2.24 bits per heavy atom. The lowest BCUT2D eigenvalue weighted by Gasteiger charge is -2.31. The average Bonchev–Trinajstić information content (AvgIpc) is 2.41. The van der Waals surface area contributed by atoms with E-state index in [9.17, 15) is 9.59 Å². The molecule has 116 valence electrons. The maximum atomic E-state index is 12.2. The van der Waals surface area contributed by atoms with E-state index in [1.54, 1.807) is 14.1 Å². The molecule has 1 atom stereocenters. The second kappa shape index (κ2) is 7.11. The number of hydrogen-bond acceptors (Lipinski definition) is 3. The monoisotopic (exact) mass is 292 g/mol. The van der Waals surface area contributed by atoms with Crippen molar-refractivity contribution >= 4 is 12.0 Å². The summed E-state index contributed by atoms with van der Waals surface area (Å²) in [6.07, 6.45) is -0.589. The van der Waals surface area contributed by atoms with E-state index >= 15 is 0 Å². The molecule has 1 rings (SSSR count). The number of ether oxygens (including phenoxy) is 1. The summed E-state index contributed by atoms with van der Waals surface area (Å²) in [5, 5.41) is 2.66. The molecule has 0 bridgehead atoms. The minimum atomic E-state index is -0.629. The Balaban J connectivity index is 2.63. The first-order chi connectivity index (χ1) is 9.71. The first kappa shape index (κ1) is 17.0. The minimum Gasteiger partial charge on any atom is -0.445 e. The molecule has 0 heterocycles. The van der Waals surface area contributed by atoms with Gasteiger partial charge in [-0.15, -0.1) is 0 Å². The van der Waals surface area contributed by atoms with Crippen molar-refractivity contribution in [2.24, 2.45) is 5.41 Å². The number of rotatable bonds is 4. The SMILES string of the molecule is CN(C)C(=O)[C@@H](NC(=O)OCc1ccccc1)C(C)(C)C. The van der Waals surface area contributed by atoms with Gasteiger partial charge < -0.3 is 15.0 Å². The lowest BCUT2D eigenvalue weighted by Crippen LogP contribution is -2.53. The van der Waals surface area contributed by atoms with Crippen LogP contribution in [0.5, 0.6) is 0 Å². The number of amides is 2. The molecule has 21 heavy (non-hydrogen) atoms. The van der Waals surface area contributed by atoms with Gasteiger partial charge in [-0.25, -0.2) is 4.79 Å². The largest absolute Gasteiger partial charge is 0.445 e. The van der Waals surface area contributed by atoms with Gasteiger partial charge in [-0.3, -0.25) is 4.79 Å². The number of carbonyl (C=O) groups excluding carboxylic acids is 2. The highest BCUT2D eigenvalue weighted by Gasteiger charge is 2.34. The van der Waals surface area contributed by atoms with Crippen molar-refractivity contribution < 1.29 is 14.3 Å². The van der Waals surface area contributed by atoms with Gasteiger partial charge in [0.25, 0.3) is 0 Å². The Labute approximate surface area is 126 Å². The van der Waals surface area contributed by atoms with Crippen LogP contribution < -0.4 is 5.32 Å². The van der Waals surface area contributed by atoms with Crippen molar-refractivity contribution in [1.82, 2.24) is 10.2 Å². The molecule has 0 saturated heterocycles. The fraction of sp³-hybridized carbons (Fsp3) is 0.500. The van der Waals surface area contributed by atoms with Gasteiger partial charge in [-0.2, -0.15) is 0 Å². The molecule has 0 saturated carbocycles. The van der Waals surface area contributed by atoms with Crippen molar-refractivity contribution in [2.45, 2.75) is 33.4 Å². The summed E-state index contributed by atoms with van der Waals surface area (Å²) in [5.41, 5.74) is 0.506. The maximum absolute atomic E-state index is 12.2. The number of likely N-dealkylation sites (N-methyl/N-ethyl adjacent to an activating group) is 1. The molecule has 0 aliphatic rings. The summed E-state index contributed by atoms with van der Waals surface area (Å²) in [6.45, 7) is 5.88. The summed E-state index contributed by atoms with van der Waals surface area (Å²) < 4.78 is 5.16. The molecule has 1 aromatic carbocycles. The average molecular weight is 292 g/mol. The van der Waals surface area contributed by atoms with Crippen LogP contribution in [-0.4, -0.2) is 37.0 Å². The zero-order valence-electron chi connectivity index (χ0n) is 13.3. The molecule has 0 aliphatic heterocycles. The second-order valence-electron chi connectivity index (χ2n) is 6.24. The maximum Gasteiger partial charge on any atom is 0.408 e. The Hall–Kier alpha value is -2.04. The third-order valence-electron chi connectivity index (χ3n) is 3.03. The zero-order chi connectivity index (χ0) is 16.0. The minimum absolute atomic E-state index is 0.154. The third kappa shape index (κ3) is 5.45. The predicted octanol–water partition coefficient (Wildman–Crippen LogP) is 2.42. The van der Waals surface area contributed by atoms with Crippen LogP contribution >= 0.6 is 0 Å². The van der Waals surface area contributed by atoms with Gasteiger partial charge in [0, 0.05) is 14.1 Å². The first-order valence-electron chi connectivity index (χ1n) is 6.90. The number of benzene rings is 1. The summed E-state index contributed by atoms with van der Waals surface area (Å²) in [7, 11) is 3.33. The molecule has 1 N–H and O–H groups in total. The van der Waals surface area contributed by atoms with Crippen LogP contribution in [0.4, 0.5) is 4.79 Å². The van der Waals surface area contributed by atoms with E-state index in [0.29, 0.717) is 0 Å². The smallest absolute Gasteiger partial charge is 0.408 e. The van der Waals surface area contributed by atoms with E-state index in [4.69, 9.17) is 4.74 Å². The van der Waals surface area contributed by atoms with Crippen LogP contribution in [0.15, 0.2) is 30.3 Å². The molecule has 0 radical (unpaired) electrons. The van der Waals surface area contributed by atoms with Gasteiger partial charge in [0.2, 0.25) is 5.91 Å². The molecule has 5 heteroatoms. The first-order valence-corrected chi connectivity index (χ1v) is 6.90. The normalized spacial score (nSPS) is 12.4. The third-order valence-corrected chi connectivity index (χ3v) is 3.03. The Morgan fingerprint density at radius 2 is 1.76 bits per heavy atom. The van der Waals surface area contributed by atoms with Crippen LogP contribution in [0.25, 0.3) is 0 Å². The highest BCUT2D eigenvalue weighted by Crippen LogP contribution is 2.20. The summed E-state index contributed by atoms with van der Waals surface area (Å²) >= 11 is 0. The van der Waals surface area contributed by atoms with E-state index in [-0.39, 0.29) is 12.5 Å². The van der Waals surface area contributed by atoms with Gasteiger partial charge in [0.15, 0.2) is 0 Å². The van der Waals surface area contributed by atoms with Crippen LogP contribution in [0.1, 0.15) is 26.3 Å². The van der Waals surface area contributed by atoms with Crippen molar-refractivity contribution in [3.8, 4) is 0 Å². The van der Waals surface area contributed by atoms with Crippen LogP contribution in [0, 0.1) is 5.41 Å². The topological polar surface area (TPSA) is 58.6 Å². The fourth-order valence-electron chi connectivity index (χ4n) is 1.79.